The Morgan fingerprint density at radius 3 is 1.92 bits per heavy atom. The molecule has 3 aromatic carbocycles. The van der Waals surface area contributed by atoms with Crippen LogP contribution >= 0.6 is 0 Å². The van der Waals surface area contributed by atoms with Crippen LogP contribution in [-0.4, -0.2) is 11.1 Å². The molecule has 0 spiro atoms. The summed E-state index contributed by atoms with van der Waals surface area (Å²) >= 11 is 0. The largest absolute Gasteiger partial charge is 0.478 e. The number of aryl methyl sites for hydroxylation is 1. The van der Waals surface area contributed by atoms with Gasteiger partial charge in [0.1, 0.15) is 0 Å². The van der Waals surface area contributed by atoms with E-state index in [2.05, 4.69) is 37.3 Å². The number of carbonyl (C=O) groups is 1. The molecule has 132 valence electrons. The fourth-order valence-electron chi connectivity index (χ4n) is 3.42. The second kappa shape index (κ2) is 8.48. The lowest BCUT2D eigenvalue weighted by atomic mass is 9.88. The molecular formula is C24H24O2. The number of rotatable bonds is 7. The molecule has 0 heterocycles. The third-order valence-electron chi connectivity index (χ3n) is 4.73. The van der Waals surface area contributed by atoms with Crippen molar-refractivity contribution in [3.05, 3.63) is 83.9 Å². The zero-order valence-electron chi connectivity index (χ0n) is 15.1. The van der Waals surface area contributed by atoms with Crippen LogP contribution in [0.4, 0.5) is 0 Å². The highest BCUT2D eigenvalue weighted by atomic mass is 16.4. The number of hydrogen-bond acceptors (Lipinski definition) is 1. The lowest BCUT2D eigenvalue weighted by molar-refractivity contribution is 0.0697. The van der Waals surface area contributed by atoms with Gasteiger partial charge in [-0.3, -0.25) is 0 Å². The predicted molar refractivity (Wildman–Crippen MR) is 108 cm³/mol. The van der Waals surface area contributed by atoms with E-state index >= 15 is 0 Å². The van der Waals surface area contributed by atoms with Crippen LogP contribution < -0.4 is 0 Å². The summed E-state index contributed by atoms with van der Waals surface area (Å²) in [4.78, 5) is 11.7. The van der Waals surface area contributed by atoms with Crippen molar-refractivity contribution in [2.24, 2.45) is 0 Å². The van der Waals surface area contributed by atoms with Crippen LogP contribution in [0.2, 0.25) is 0 Å². The van der Waals surface area contributed by atoms with Gasteiger partial charge < -0.3 is 5.11 Å². The topological polar surface area (TPSA) is 37.3 Å². The summed E-state index contributed by atoms with van der Waals surface area (Å²) in [5, 5.41) is 9.59. The molecule has 0 amide bonds. The summed E-state index contributed by atoms with van der Waals surface area (Å²) < 4.78 is 0. The first-order valence-electron chi connectivity index (χ1n) is 9.22. The van der Waals surface area contributed by atoms with Gasteiger partial charge in [-0.15, -0.1) is 0 Å². The van der Waals surface area contributed by atoms with E-state index in [4.69, 9.17) is 0 Å². The third-order valence-corrected chi connectivity index (χ3v) is 4.73. The molecule has 0 fully saturated rings. The van der Waals surface area contributed by atoms with Gasteiger partial charge >= 0.3 is 5.97 Å². The monoisotopic (exact) mass is 344 g/mol. The van der Waals surface area contributed by atoms with E-state index in [9.17, 15) is 9.90 Å². The fraction of sp³-hybridized carbons (Fsp3) is 0.208. The first-order chi connectivity index (χ1) is 12.7. The van der Waals surface area contributed by atoms with E-state index in [0.717, 1.165) is 23.1 Å². The summed E-state index contributed by atoms with van der Waals surface area (Å²) in [6.07, 6.45) is 4.63. The Hall–Kier alpha value is -2.87. The highest BCUT2D eigenvalue weighted by Gasteiger charge is 2.15. The van der Waals surface area contributed by atoms with Crippen molar-refractivity contribution in [3.63, 3.8) is 0 Å². The van der Waals surface area contributed by atoms with E-state index < -0.39 is 5.97 Å². The van der Waals surface area contributed by atoms with Gasteiger partial charge in [0.05, 0.1) is 5.56 Å². The first kappa shape index (κ1) is 17.9. The zero-order valence-corrected chi connectivity index (χ0v) is 15.1. The Bertz CT molecular complexity index is 896. The van der Waals surface area contributed by atoms with E-state index in [1.165, 1.54) is 30.4 Å². The Morgan fingerprint density at radius 1 is 0.731 bits per heavy atom. The number of unbranched alkanes of at least 4 members (excludes halogenated alkanes) is 2. The molecule has 2 heteroatoms. The maximum atomic E-state index is 11.7. The lowest BCUT2D eigenvalue weighted by Crippen LogP contribution is -2.00. The van der Waals surface area contributed by atoms with Crippen LogP contribution in [0.15, 0.2) is 72.8 Å². The maximum absolute atomic E-state index is 11.7. The molecule has 0 radical (unpaired) electrons. The molecule has 0 aliphatic heterocycles. The summed E-state index contributed by atoms with van der Waals surface area (Å²) in [6.45, 7) is 2.21. The number of carboxylic acids is 1. The summed E-state index contributed by atoms with van der Waals surface area (Å²) in [6, 6.07) is 23.8. The third kappa shape index (κ3) is 3.85. The van der Waals surface area contributed by atoms with Crippen molar-refractivity contribution < 1.29 is 9.90 Å². The van der Waals surface area contributed by atoms with E-state index in [1.807, 2.05) is 30.3 Å². The van der Waals surface area contributed by atoms with Crippen LogP contribution in [0.3, 0.4) is 0 Å². The maximum Gasteiger partial charge on any atom is 0.336 e. The van der Waals surface area contributed by atoms with Crippen LogP contribution in [0.1, 0.15) is 42.1 Å². The van der Waals surface area contributed by atoms with E-state index in [0.29, 0.717) is 5.56 Å². The SMILES string of the molecule is CCCCCc1ccccc1-c1ccccc1-c1ccccc1C(=O)O. The molecule has 0 aliphatic carbocycles. The van der Waals surface area contributed by atoms with Gasteiger partial charge in [0.15, 0.2) is 0 Å². The second-order valence-electron chi connectivity index (χ2n) is 6.51. The van der Waals surface area contributed by atoms with Crippen molar-refractivity contribution in [1.29, 1.82) is 0 Å². The van der Waals surface area contributed by atoms with Crippen molar-refractivity contribution in [2.75, 3.05) is 0 Å². The highest BCUT2D eigenvalue weighted by molar-refractivity contribution is 5.99. The van der Waals surface area contributed by atoms with Gasteiger partial charge in [0.25, 0.3) is 0 Å². The molecule has 1 N–H and O–H groups in total. The molecule has 0 unspecified atom stereocenters. The molecule has 0 atom stereocenters. The number of benzene rings is 3. The normalized spacial score (nSPS) is 10.7. The van der Waals surface area contributed by atoms with Crippen LogP contribution in [0.5, 0.6) is 0 Å². The van der Waals surface area contributed by atoms with Crippen LogP contribution in [0.25, 0.3) is 22.3 Å². The lowest BCUT2D eigenvalue weighted by Gasteiger charge is -2.15. The minimum Gasteiger partial charge on any atom is -0.478 e. The van der Waals surface area contributed by atoms with Crippen molar-refractivity contribution in [1.82, 2.24) is 0 Å². The minimum atomic E-state index is -0.897. The molecule has 3 aromatic rings. The Morgan fingerprint density at radius 2 is 1.27 bits per heavy atom. The molecule has 0 saturated heterocycles. The standard InChI is InChI=1S/C24H24O2/c1-2-3-4-11-18-12-5-6-13-19(18)20-14-7-8-15-21(20)22-16-9-10-17-23(22)24(25)26/h5-10,12-17H,2-4,11H2,1H3,(H,25,26). The van der Waals surface area contributed by atoms with Crippen LogP contribution in [0, 0.1) is 0 Å². The molecular weight excluding hydrogens is 320 g/mol. The Balaban J connectivity index is 2.11. The van der Waals surface area contributed by atoms with Crippen molar-refractivity contribution in [2.45, 2.75) is 32.6 Å². The molecule has 0 aromatic heterocycles. The van der Waals surface area contributed by atoms with Gasteiger partial charge in [-0.2, -0.15) is 0 Å². The highest BCUT2D eigenvalue weighted by Crippen LogP contribution is 2.36. The zero-order chi connectivity index (χ0) is 18.4. The van der Waals surface area contributed by atoms with Gasteiger partial charge in [-0.05, 0) is 46.7 Å². The Labute approximate surface area is 155 Å². The minimum absolute atomic E-state index is 0.336. The summed E-state index contributed by atoms with van der Waals surface area (Å²) in [5.74, 6) is -0.897. The first-order valence-corrected chi connectivity index (χ1v) is 9.22. The van der Waals surface area contributed by atoms with Crippen LogP contribution in [-0.2, 0) is 6.42 Å². The number of carboxylic acid groups (broad SMARTS) is 1. The number of aromatic carboxylic acids is 1. The molecule has 0 saturated carbocycles. The summed E-state index contributed by atoms with van der Waals surface area (Å²) in [7, 11) is 0. The molecule has 26 heavy (non-hydrogen) atoms. The molecule has 0 bridgehead atoms. The fourth-order valence-corrected chi connectivity index (χ4v) is 3.42. The van der Waals surface area contributed by atoms with E-state index in [-0.39, 0.29) is 0 Å². The quantitative estimate of drug-likeness (QED) is 0.500. The predicted octanol–water partition coefficient (Wildman–Crippen LogP) is 6.45. The van der Waals surface area contributed by atoms with E-state index in [1.54, 1.807) is 12.1 Å². The van der Waals surface area contributed by atoms with Gasteiger partial charge in [-0.25, -0.2) is 4.79 Å². The summed E-state index contributed by atoms with van der Waals surface area (Å²) in [5.41, 5.74) is 5.67. The molecule has 0 aliphatic rings. The van der Waals surface area contributed by atoms with Crippen molar-refractivity contribution in [3.8, 4) is 22.3 Å². The van der Waals surface area contributed by atoms with Gasteiger partial charge in [-0.1, -0.05) is 86.5 Å². The smallest absolute Gasteiger partial charge is 0.336 e. The second-order valence-corrected chi connectivity index (χ2v) is 6.51. The molecule has 2 nitrogen and oxygen atoms in total. The van der Waals surface area contributed by atoms with Crippen molar-refractivity contribution >= 4 is 5.97 Å². The average molecular weight is 344 g/mol. The van der Waals surface area contributed by atoms with Gasteiger partial charge in [0, 0.05) is 0 Å². The van der Waals surface area contributed by atoms with Gasteiger partial charge in [0.2, 0.25) is 0 Å². The Kier molecular flexibility index (Phi) is 5.85. The number of hydrogen-bond donors (Lipinski definition) is 1. The average Bonchev–Trinajstić information content (AvgIpc) is 2.68. The molecule has 3 rings (SSSR count).